The summed E-state index contributed by atoms with van der Waals surface area (Å²) >= 11 is 0. The standard InChI is InChI=1S/C16H23NO3/c1-12-4-5-14(20-3)13(10-12)11-17-8-6-16(2,7-9-17)15(18)19/h4-5,10H,6-9,11H2,1-3H3,(H,18,19). The molecule has 0 spiro atoms. The smallest absolute Gasteiger partial charge is 0.309 e. The molecule has 0 bridgehead atoms. The van der Waals surface area contributed by atoms with E-state index in [-0.39, 0.29) is 0 Å². The minimum absolute atomic E-state index is 0.562. The van der Waals surface area contributed by atoms with Gasteiger partial charge in [0, 0.05) is 12.1 Å². The third-order valence-corrected chi connectivity index (χ3v) is 4.31. The Morgan fingerprint density at radius 3 is 2.60 bits per heavy atom. The molecule has 110 valence electrons. The van der Waals surface area contributed by atoms with E-state index in [1.807, 2.05) is 19.1 Å². The first-order valence-electron chi connectivity index (χ1n) is 7.04. The molecule has 1 aliphatic rings. The van der Waals surface area contributed by atoms with Gasteiger partial charge in [-0.15, -0.1) is 0 Å². The first-order chi connectivity index (χ1) is 9.44. The quantitative estimate of drug-likeness (QED) is 0.919. The van der Waals surface area contributed by atoms with Crippen LogP contribution >= 0.6 is 0 Å². The molecule has 1 N–H and O–H groups in total. The molecule has 1 aromatic carbocycles. The van der Waals surface area contributed by atoms with Crippen LogP contribution in [0.3, 0.4) is 0 Å². The maximum absolute atomic E-state index is 11.2. The largest absolute Gasteiger partial charge is 0.496 e. The lowest BCUT2D eigenvalue weighted by Gasteiger charge is -2.36. The maximum Gasteiger partial charge on any atom is 0.309 e. The van der Waals surface area contributed by atoms with E-state index in [1.54, 1.807) is 7.11 Å². The summed E-state index contributed by atoms with van der Waals surface area (Å²) in [5, 5.41) is 9.25. The van der Waals surface area contributed by atoms with E-state index in [2.05, 4.69) is 17.9 Å². The fraction of sp³-hybridized carbons (Fsp3) is 0.562. The third-order valence-electron chi connectivity index (χ3n) is 4.31. The lowest BCUT2D eigenvalue weighted by Crippen LogP contribution is -2.42. The van der Waals surface area contributed by atoms with E-state index in [0.717, 1.165) is 25.4 Å². The van der Waals surface area contributed by atoms with E-state index >= 15 is 0 Å². The molecular weight excluding hydrogens is 254 g/mol. The second kappa shape index (κ2) is 5.83. The highest BCUT2D eigenvalue weighted by molar-refractivity contribution is 5.74. The van der Waals surface area contributed by atoms with Crippen molar-refractivity contribution in [3.63, 3.8) is 0 Å². The average Bonchev–Trinajstić information content (AvgIpc) is 2.42. The third kappa shape index (κ3) is 3.12. The van der Waals surface area contributed by atoms with Crippen molar-refractivity contribution in [1.82, 2.24) is 4.90 Å². The van der Waals surface area contributed by atoms with Crippen LogP contribution in [0.4, 0.5) is 0 Å². The van der Waals surface area contributed by atoms with Crippen LogP contribution in [0.5, 0.6) is 5.75 Å². The number of rotatable bonds is 4. The van der Waals surface area contributed by atoms with Crippen molar-refractivity contribution in [2.24, 2.45) is 5.41 Å². The van der Waals surface area contributed by atoms with Gasteiger partial charge >= 0.3 is 5.97 Å². The summed E-state index contributed by atoms with van der Waals surface area (Å²) in [5.74, 6) is 0.229. The molecule has 1 aromatic rings. The van der Waals surface area contributed by atoms with E-state index in [0.29, 0.717) is 12.8 Å². The Morgan fingerprint density at radius 2 is 2.05 bits per heavy atom. The molecule has 0 unspecified atom stereocenters. The number of aliphatic carboxylic acids is 1. The predicted molar refractivity (Wildman–Crippen MR) is 78.0 cm³/mol. The van der Waals surface area contributed by atoms with Crippen LogP contribution in [-0.4, -0.2) is 36.2 Å². The van der Waals surface area contributed by atoms with Crippen LogP contribution < -0.4 is 4.74 Å². The lowest BCUT2D eigenvalue weighted by molar-refractivity contribution is -0.150. The number of carboxylic acids is 1. The summed E-state index contributed by atoms with van der Waals surface area (Å²) < 4.78 is 5.40. The zero-order chi connectivity index (χ0) is 14.8. The molecule has 1 aliphatic heterocycles. The number of hydrogen-bond acceptors (Lipinski definition) is 3. The average molecular weight is 277 g/mol. The SMILES string of the molecule is COc1ccc(C)cc1CN1CCC(C)(C(=O)O)CC1. The van der Waals surface area contributed by atoms with Crippen LogP contribution in [0.25, 0.3) is 0 Å². The minimum Gasteiger partial charge on any atom is -0.496 e. The molecule has 0 radical (unpaired) electrons. The summed E-state index contributed by atoms with van der Waals surface area (Å²) in [5.41, 5.74) is 1.83. The molecule has 0 atom stereocenters. The van der Waals surface area contributed by atoms with Gasteiger partial charge in [0.05, 0.1) is 12.5 Å². The Kier molecular flexibility index (Phi) is 4.33. The summed E-state index contributed by atoms with van der Waals surface area (Å²) in [7, 11) is 1.69. The number of hydrogen-bond donors (Lipinski definition) is 1. The van der Waals surface area contributed by atoms with Crippen molar-refractivity contribution >= 4 is 5.97 Å². The Hall–Kier alpha value is -1.55. The number of likely N-dealkylation sites (tertiary alicyclic amines) is 1. The molecule has 0 aromatic heterocycles. The molecule has 0 amide bonds. The zero-order valence-electron chi connectivity index (χ0n) is 12.5. The van der Waals surface area contributed by atoms with Gasteiger partial charge in [-0.1, -0.05) is 17.7 Å². The lowest BCUT2D eigenvalue weighted by atomic mass is 9.80. The summed E-state index contributed by atoms with van der Waals surface area (Å²) in [6.45, 7) is 6.38. The molecule has 0 saturated carbocycles. The Morgan fingerprint density at radius 1 is 1.40 bits per heavy atom. The van der Waals surface area contributed by atoms with Crippen molar-refractivity contribution in [1.29, 1.82) is 0 Å². The van der Waals surface area contributed by atoms with Gasteiger partial charge in [0.15, 0.2) is 0 Å². The number of carboxylic acid groups (broad SMARTS) is 1. The summed E-state index contributed by atoms with van der Waals surface area (Å²) in [6.07, 6.45) is 1.41. The minimum atomic E-state index is -0.676. The normalized spacial score (nSPS) is 18.8. The number of carbonyl (C=O) groups is 1. The highest BCUT2D eigenvalue weighted by atomic mass is 16.5. The topological polar surface area (TPSA) is 49.8 Å². The molecular formula is C16H23NO3. The maximum atomic E-state index is 11.2. The fourth-order valence-electron chi connectivity index (χ4n) is 2.69. The molecule has 4 nitrogen and oxygen atoms in total. The number of piperidine rings is 1. The van der Waals surface area contributed by atoms with Crippen molar-refractivity contribution in [3.05, 3.63) is 29.3 Å². The van der Waals surface area contributed by atoms with E-state index < -0.39 is 11.4 Å². The van der Waals surface area contributed by atoms with Gasteiger partial charge in [0.25, 0.3) is 0 Å². The second-order valence-corrected chi connectivity index (χ2v) is 5.96. The Bertz CT molecular complexity index is 490. The highest BCUT2D eigenvalue weighted by Gasteiger charge is 2.36. The van der Waals surface area contributed by atoms with Crippen LogP contribution in [0, 0.1) is 12.3 Å². The molecule has 20 heavy (non-hydrogen) atoms. The van der Waals surface area contributed by atoms with Gasteiger partial charge in [-0.3, -0.25) is 9.69 Å². The van der Waals surface area contributed by atoms with Crippen molar-refractivity contribution in [2.45, 2.75) is 33.2 Å². The summed E-state index contributed by atoms with van der Waals surface area (Å²) in [4.78, 5) is 13.6. The van der Waals surface area contributed by atoms with Crippen LogP contribution in [-0.2, 0) is 11.3 Å². The predicted octanol–water partition coefficient (Wildman–Crippen LogP) is 2.69. The Labute approximate surface area is 120 Å². The van der Waals surface area contributed by atoms with Gasteiger partial charge in [-0.25, -0.2) is 0 Å². The second-order valence-electron chi connectivity index (χ2n) is 5.96. The first kappa shape index (κ1) is 14.9. The number of aryl methyl sites for hydroxylation is 1. The summed E-state index contributed by atoms with van der Waals surface area (Å²) in [6, 6.07) is 6.18. The molecule has 1 saturated heterocycles. The molecule has 0 aliphatic carbocycles. The van der Waals surface area contributed by atoms with Crippen molar-refractivity contribution in [3.8, 4) is 5.75 Å². The van der Waals surface area contributed by atoms with Crippen molar-refractivity contribution < 1.29 is 14.6 Å². The zero-order valence-corrected chi connectivity index (χ0v) is 12.5. The van der Waals surface area contributed by atoms with Crippen LogP contribution in [0.15, 0.2) is 18.2 Å². The van der Waals surface area contributed by atoms with Crippen LogP contribution in [0.2, 0.25) is 0 Å². The van der Waals surface area contributed by atoms with Gasteiger partial charge in [0.2, 0.25) is 0 Å². The molecule has 2 rings (SSSR count). The van der Waals surface area contributed by atoms with Crippen LogP contribution in [0.1, 0.15) is 30.9 Å². The highest BCUT2D eigenvalue weighted by Crippen LogP contribution is 2.32. The first-order valence-corrected chi connectivity index (χ1v) is 7.04. The van der Waals surface area contributed by atoms with E-state index in [4.69, 9.17) is 4.74 Å². The van der Waals surface area contributed by atoms with Gasteiger partial charge in [-0.05, 0) is 45.8 Å². The van der Waals surface area contributed by atoms with Gasteiger partial charge < -0.3 is 9.84 Å². The van der Waals surface area contributed by atoms with E-state index in [1.165, 1.54) is 11.1 Å². The van der Waals surface area contributed by atoms with Gasteiger partial charge in [-0.2, -0.15) is 0 Å². The number of methoxy groups -OCH3 is 1. The monoisotopic (exact) mass is 277 g/mol. The van der Waals surface area contributed by atoms with E-state index in [9.17, 15) is 9.90 Å². The number of ether oxygens (including phenoxy) is 1. The Balaban J connectivity index is 2.03. The van der Waals surface area contributed by atoms with Gasteiger partial charge in [0.1, 0.15) is 5.75 Å². The fourth-order valence-corrected chi connectivity index (χ4v) is 2.69. The number of nitrogens with zero attached hydrogens (tertiary/aromatic N) is 1. The number of benzene rings is 1. The molecule has 4 heteroatoms. The van der Waals surface area contributed by atoms with Crippen molar-refractivity contribution in [2.75, 3.05) is 20.2 Å². The molecule has 1 heterocycles. The molecule has 1 fully saturated rings.